The number of benzene rings is 2. The average Bonchev–Trinajstić information content (AvgIpc) is 3.07. The van der Waals surface area contributed by atoms with Crippen LogP contribution in [-0.4, -0.2) is 9.97 Å². The lowest BCUT2D eigenvalue weighted by Crippen LogP contribution is -2.03. The molecule has 0 aliphatic heterocycles. The number of hydrogen-bond acceptors (Lipinski definition) is 4. The second kappa shape index (κ2) is 6.94. The molecule has 0 fully saturated rings. The van der Waals surface area contributed by atoms with E-state index in [4.69, 9.17) is 0 Å². The maximum atomic E-state index is 13.1. The van der Waals surface area contributed by atoms with Crippen LogP contribution in [0.3, 0.4) is 0 Å². The molecule has 0 bridgehead atoms. The Kier molecular flexibility index (Phi) is 4.61. The highest BCUT2D eigenvalue weighted by molar-refractivity contribution is 7.99. The highest BCUT2D eigenvalue weighted by Crippen LogP contribution is 2.39. The lowest BCUT2D eigenvalue weighted by atomic mass is 10.2. The Balaban J connectivity index is 1.67. The van der Waals surface area contributed by atoms with Crippen LogP contribution in [0.4, 0.5) is 17.6 Å². The van der Waals surface area contributed by atoms with Crippen molar-refractivity contribution in [2.45, 2.75) is 16.1 Å². The van der Waals surface area contributed by atoms with Crippen molar-refractivity contribution in [3.05, 3.63) is 72.3 Å². The molecule has 2 nitrogen and oxygen atoms in total. The van der Waals surface area contributed by atoms with Crippen molar-refractivity contribution in [3.63, 3.8) is 0 Å². The molecule has 136 valence electrons. The number of alkyl halides is 3. The maximum absolute atomic E-state index is 13.1. The Labute approximate surface area is 159 Å². The number of rotatable bonds is 3. The van der Waals surface area contributed by atoms with Crippen LogP contribution in [0, 0.1) is 5.82 Å². The fraction of sp³-hybridized carbons (Fsp3) is 0.0526. The Bertz CT molecular complexity index is 1090. The highest BCUT2D eigenvalue weighted by atomic mass is 32.2. The van der Waals surface area contributed by atoms with E-state index in [-0.39, 0.29) is 5.82 Å². The molecule has 0 N–H and O–H groups in total. The van der Waals surface area contributed by atoms with E-state index in [9.17, 15) is 17.6 Å². The molecule has 2 aromatic heterocycles. The van der Waals surface area contributed by atoms with Crippen molar-refractivity contribution in [2.75, 3.05) is 0 Å². The smallest absolute Gasteiger partial charge is 0.235 e. The molecule has 0 atom stereocenters. The Morgan fingerprint density at radius 3 is 2.26 bits per heavy atom. The number of halogens is 4. The first-order valence-electron chi connectivity index (χ1n) is 7.76. The minimum Gasteiger partial charge on any atom is -0.235 e. The largest absolute Gasteiger partial charge is 0.416 e. The molecule has 0 saturated carbocycles. The topological polar surface area (TPSA) is 25.8 Å². The van der Waals surface area contributed by atoms with E-state index >= 15 is 0 Å². The molecule has 27 heavy (non-hydrogen) atoms. The molecule has 0 aliphatic carbocycles. The molecule has 2 aromatic carbocycles. The number of aromatic nitrogens is 2. The molecule has 0 saturated heterocycles. The molecule has 0 unspecified atom stereocenters. The van der Waals surface area contributed by atoms with Gasteiger partial charge in [-0.05, 0) is 48.0 Å². The Hall–Kier alpha value is -2.45. The summed E-state index contributed by atoms with van der Waals surface area (Å²) in [6.07, 6.45) is -2.93. The van der Waals surface area contributed by atoms with Gasteiger partial charge < -0.3 is 0 Å². The number of nitrogens with zero attached hydrogens (tertiary/aromatic N) is 2. The second-order valence-electron chi connectivity index (χ2n) is 5.63. The van der Waals surface area contributed by atoms with Crippen LogP contribution in [0.25, 0.3) is 20.7 Å². The third kappa shape index (κ3) is 3.81. The van der Waals surface area contributed by atoms with Crippen molar-refractivity contribution < 1.29 is 17.6 Å². The van der Waals surface area contributed by atoms with Gasteiger partial charge in [0.25, 0.3) is 0 Å². The zero-order chi connectivity index (χ0) is 19.0. The highest BCUT2D eigenvalue weighted by Gasteiger charge is 2.30. The quantitative estimate of drug-likeness (QED) is 0.281. The predicted molar refractivity (Wildman–Crippen MR) is 98.4 cm³/mol. The monoisotopic (exact) mass is 406 g/mol. The van der Waals surface area contributed by atoms with Gasteiger partial charge in [-0.25, -0.2) is 14.4 Å². The van der Waals surface area contributed by atoms with Crippen LogP contribution >= 0.6 is 23.1 Å². The van der Waals surface area contributed by atoms with Gasteiger partial charge in [0.2, 0.25) is 0 Å². The van der Waals surface area contributed by atoms with Gasteiger partial charge in [0.1, 0.15) is 17.2 Å². The lowest BCUT2D eigenvalue weighted by Gasteiger charge is -2.07. The second-order valence-corrected chi connectivity index (χ2v) is 7.75. The summed E-state index contributed by atoms with van der Waals surface area (Å²) in [5.74, 6) is -0.307. The standard InChI is InChI=1S/C19H10F4N2S2/c20-13-5-1-11(2-6-13)16-9-15-17(27-16)18(25-10-24-15)26-14-7-3-12(4-8-14)19(21,22)23/h1-10H. The van der Waals surface area contributed by atoms with E-state index in [1.807, 2.05) is 6.07 Å². The van der Waals surface area contributed by atoms with Gasteiger partial charge in [-0.3, -0.25) is 0 Å². The van der Waals surface area contributed by atoms with E-state index in [1.54, 1.807) is 12.1 Å². The summed E-state index contributed by atoms with van der Waals surface area (Å²) >= 11 is 2.74. The van der Waals surface area contributed by atoms with Gasteiger partial charge in [-0.1, -0.05) is 23.9 Å². The van der Waals surface area contributed by atoms with E-state index < -0.39 is 11.7 Å². The van der Waals surface area contributed by atoms with Crippen LogP contribution in [-0.2, 0) is 6.18 Å². The zero-order valence-electron chi connectivity index (χ0n) is 13.5. The maximum Gasteiger partial charge on any atom is 0.416 e. The molecule has 0 radical (unpaired) electrons. The van der Waals surface area contributed by atoms with Gasteiger partial charge in [0.05, 0.1) is 15.8 Å². The van der Waals surface area contributed by atoms with E-state index in [0.717, 1.165) is 32.8 Å². The molecule has 2 heterocycles. The normalized spacial score (nSPS) is 11.9. The first-order valence-corrected chi connectivity index (χ1v) is 9.39. The molecule has 0 aliphatic rings. The fourth-order valence-corrected chi connectivity index (χ4v) is 4.53. The molecule has 8 heteroatoms. The van der Waals surface area contributed by atoms with Gasteiger partial charge in [0, 0.05) is 9.77 Å². The van der Waals surface area contributed by atoms with Crippen molar-refractivity contribution in [2.24, 2.45) is 0 Å². The number of fused-ring (bicyclic) bond motifs is 1. The van der Waals surface area contributed by atoms with Crippen molar-refractivity contribution in [3.8, 4) is 10.4 Å². The molecular weight excluding hydrogens is 396 g/mol. The molecule has 0 spiro atoms. The summed E-state index contributed by atoms with van der Waals surface area (Å²) in [7, 11) is 0. The van der Waals surface area contributed by atoms with Gasteiger partial charge in [-0.15, -0.1) is 11.3 Å². The fourth-order valence-electron chi connectivity index (χ4n) is 2.49. The van der Waals surface area contributed by atoms with Crippen LogP contribution in [0.15, 0.2) is 70.8 Å². The van der Waals surface area contributed by atoms with Crippen LogP contribution in [0.2, 0.25) is 0 Å². The summed E-state index contributed by atoms with van der Waals surface area (Å²) in [6.45, 7) is 0. The Morgan fingerprint density at radius 2 is 1.59 bits per heavy atom. The minimum absolute atomic E-state index is 0.307. The van der Waals surface area contributed by atoms with Crippen LogP contribution in [0.5, 0.6) is 0 Å². The third-order valence-corrected chi connectivity index (χ3v) is 6.12. The van der Waals surface area contributed by atoms with Crippen molar-refractivity contribution in [1.82, 2.24) is 9.97 Å². The molecule has 0 amide bonds. The Morgan fingerprint density at radius 1 is 0.889 bits per heavy atom. The van der Waals surface area contributed by atoms with Crippen LogP contribution < -0.4 is 0 Å². The van der Waals surface area contributed by atoms with E-state index in [0.29, 0.717) is 9.92 Å². The molecule has 4 aromatic rings. The van der Waals surface area contributed by atoms with Gasteiger partial charge >= 0.3 is 6.18 Å². The molecule has 4 rings (SSSR count). The van der Waals surface area contributed by atoms with Gasteiger partial charge in [0.15, 0.2) is 0 Å². The SMILES string of the molecule is Fc1ccc(-c2cc3ncnc(Sc4ccc(C(F)(F)F)cc4)c3s2)cc1. The first kappa shape index (κ1) is 17.9. The number of hydrogen-bond donors (Lipinski definition) is 0. The molecular formula is C19H10F4N2S2. The number of thiophene rings is 1. The van der Waals surface area contributed by atoms with Crippen molar-refractivity contribution >= 4 is 33.3 Å². The van der Waals surface area contributed by atoms with Crippen LogP contribution in [0.1, 0.15) is 5.56 Å². The van der Waals surface area contributed by atoms with E-state index in [1.165, 1.54) is 53.7 Å². The first-order chi connectivity index (χ1) is 12.9. The van der Waals surface area contributed by atoms with Gasteiger partial charge in [-0.2, -0.15) is 13.2 Å². The summed E-state index contributed by atoms with van der Waals surface area (Å²) < 4.78 is 52.0. The third-order valence-electron chi connectivity index (χ3n) is 3.80. The summed E-state index contributed by atoms with van der Waals surface area (Å²) in [5, 5.41) is 0.665. The average molecular weight is 406 g/mol. The van der Waals surface area contributed by atoms with Crippen molar-refractivity contribution in [1.29, 1.82) is 0 Å². The lowest BCUT2D eigenvalue weighted by molar-refractivity contribution is -0.137. The summed E-state index contributed by atoms with van der Waals surface area (Å²) in [5.41, 5.74) is 0.919. The predicted octanol–water partition coefficient (Wildman–Crippen LogP) is 6.67. The van der Waals surface area contributed by atoms with E-state index in [2.05, 4.69) is 9.97 Å². The summed E-state index contributed by atoms with van der Waals surface area (Å²) in [6, 6.07) is 13.0. The zero-order valence-corrected chi connectivity index (χ0v) is 15.1. The minimum atomic E-state index is -4.36. The summed E-state index contributed by atoms with van der Waals surface area (Å²) in [4.78, 5) is 10.1.